The number of fused-ring (bicyclic) bond motifs is 4. The topological polar surface area (TPSA) is 148 Å². The van der Waals surface area contributed by atoms with E-state index in [9.17, 15) is 20.2 Å². The van der Waals surface area contributed by atoms with Gasteiger partial charge in [-0.3, -0.25) is 9.78 Å². The van der Waals surface area contributed by atoms with E-state index in [0.717, 1.165) is 12.8 Å². The molecule has 0 spiro atoms. The van der Waals surface area contributed by atoms with E-state index in [4.69, 9.17) is 13.9 Å². The fourth-order valence-corrected chi connectivity index (χ4v) is 7.77. The van der Waals surface area contributed by atoms with Crippen LogP contribution in [0.2, 0.25) is 0 Å². The van der Waals surface area contributed by atoms with E-state index < -0.39 is 40.1 Å². The molecule has 202 valence electrons. The number of esters is 1. The Morgan fingerprint density at radius 2 is 2.13 bits per heavy atom. The second-order valence-electron chi connectivity index (χ2n) is 11.9. The van der Waals surface area contributed by atoms with Gasteiger partial charge in [-0.1, -0.05) is 25.9 Å². The molecule has 3 aliphatic rings. The molecule has 1 aliphatic heterocycles. The molecule has 0 bridgehead atoms. The Kier molecular flexibility index (Phi) is 6.31. The Hall–Kier alpha value is -3.36. The number of carbonyl (C=O) groups excluding carboxylic acids is 1. The van der Waals surface area contributed by atoms with Crippen LogP contribution in [0.1, 0.15) is 65.5 Å². The van der Waals surface area contributed by atoms with Crippen molar-refractivity contribution in [2.24, 2.45) is 33.7 Å². The minimum atomic E-state index is -1.21. The highest BCUT2D eigenvalue weighted by atomic mass is 16.5. The standard InChI is InChI=1S/C28H34N4O6/c1-15-8-9-26(3)20(27(15,4)14-36-16(2)33)12-21(31-32-29)28(5)24(26)23(34)22-19(38-28)11-18(37-25(22)35)17-7-6-10-30-13-17/h6-7,10-11,13,15,20-21,23-24,34H,8-9,12,14H2,1-5H3/t15-,20?,21+,23-,24?,26-,27?,28+/m0/s1. The lowest BCUT2D eigenvalue weighted by Crippen LogP contribution is -2.69. The first-order valence-electron chi connectivity index (χ1n) is 13.1. The van der Waals surface area contributed by atoms with Crippen LogP contribution < -0.4 is 10.4 Å². The van der Waals surface area contributed by atoms with Crippen molar-refractivity contribution in [3.05, 3.63) is 57.0 Å². The van der Waals surface area contributed by atoms with Crippen molar-refractivity contribution < 1.29 is 23.8 Å². The largest absolute Gasteiger partial charge is 0.486 e. The van der Waals surface area contributed by atoms with Gasteiger partial charge in [-0.15, -0.1) is 0 Å². The van der Waals surface area contributed by atoms with E-state index in [0.29, 0.717) is 12.0 Å². The van der Waals surface area contributed by atoms with E-state index in [1.807, 2.05) is 6.92 Å². The quantitative estimate of drug-likeness (QED) is 0.251. The zero-order chi connectivity index (χ0) is 27.5. The summed E-state index contributed by atoms with van der Waals surface area (Å²) in [5.41, 5.74) is 7.50. The zero-order valence-corrected chi connectivity index (χ0v) is 22.4. The number of aliphatic hydroxyl groups is 1. The predicted molar refractivity (Wildman–Crippen MR) is 138 cm³/mol. The first-order valence-corrected chi connectivity index (χ1v) is 13.1. The molecule has 1 N–H and O–H groups in total. The summed E-state index contributed by atoms with van der Waals surface area (Å²) >= 11 is 0. The van der Waals surface area contributed by atoms with Crippen LogP contribution in [-0.2, 0) is 9.53 Å². The van der Waals surface area contributed by atoms with Crippen molar-refractivity contribution in [1.82, 2.24) is 4.98 Å². The van der Waals surface area contributed by atoms with Gasteiger partial charge in [-0.05, 0) is 61.1 Å². The summed E-state index contributed by atoms with van der Waals surface area (Å²) < 4.78 is 17.8. The van der Waals surface area contributed by atoms with Crippen LogP contribution in [0.5, 0.6) is 5.75 Å². The maximum absolute atomic E-state index is 13.3. The second kappa shape index (κ2) is 9.13. The fourth-order valence-electron chi connectivity index (χ4n) is 7.77. The van der Waals surface area contributed by atoms with Gasteiger partial charge in [0.25, 0.3) is 0 Å². The van der Waals surface area contributed by atoms with Crippen molar-refractivity contribution in [3.8, 4) is 17.1 Å². The fraction of sp³-hybridized carbons (Fsp3) is 0.607. The van der Waals surface area contributed by atoms with Gasteiger partial charge in [0.2, 0.25) is 0 Å². The van der Waals surface area contributed by atoms with E-state index in [1.165, 1.54) is 6.92 Å². The molecule has 0 amide bonds. The summed E-state index contributed by atoms with van der Waals surface area (Å²) in [6, 6.07) is 4.48. The Balaban J connectivity index is 1.66. The third kappa shape index (κ3) is 3.81. The molecule has 0 aromatic carbocycles. The molecule has 2 aliphatic carbocycles. The van der Waals surface area contributed by atoms with E-state index in [1.54, 1.807) is 30.6 Å². The minimum Gasteiger partial charge on any atom is -0.486 e. The molecule has 0 saturated heterocycles. The molecule has 38 heavy (non-hydrogen) atoms. The summed E-state index contributed by atoms with van der Waals surface area (Å²) in [5, 5.41) is 16.1. The number of hydrogen-bond donors (Lipinski definition) is 1. The molecule has 0 radical (unpaired) electrons. The third-order valence-corrected chi connectivity index (χ3v) is 9.90. The molecular formula is C28H34N4O6. The number of azide groups is 1. The molecule has 2 aromatic heterocycles. The normalized spacial score (nSPS) is 37.5. The number of hydrogen-bond acceptors (Lipinski definition) is 8. The maximum atomic E-state index is 13.3. The molecule has 3 heterocycles. The van der Waals surface area contributed by atoms with Crippen molar-refractivity contribution in [2.45, 2.75) is 71.6 Å². The van der Waals surface area contributed by atoms with Crippen LogP contribution in [0, 0.1) is 28.6 Å². The molecule has 2 fully saturated rings. The SMILES string of the molecule is CC(=O)OCC1(C)C2C[C@@H](N=[N+]=[N-])[C@@]3(C)Oc4cc(-c5cccnc5)oc(=O)c4[C@H](O)C3[C@@]2(C)CC[C@@H]1C. The van der Waals surface area contributed by atoms with Gasteiger partial charge >= 0.3 is 11.6 Å². The second-order valence-corrected chi connectivity index (χ2v) is 11.9. The Morgan fingerprint density at radius 3 is 2.79 bits per heavy atom. The maximum Gasteiger partial charge on any atom is 0.345 e. The highest BCUT2D eigenvalue weighted by molar-refractivity contribution is 5.66. The van der Waals surface area contributed by atoms with Crippen molar-refractivity contribution >= 4 is 5.97 Å². The molecule has 10 heteroatoms. The molecular weight excluding hydrogens is 488 g/mol. The monoisotopic (exact) mass is 522 g/mol. The number of pyridine rings is 1. The Bertz CT molecular complexity index is 1360. The number of rotatable bonds is 4. The number of aromatic nitrogens is 1. The van der Waals surface area contributed by atoms with Gasteiger partial charge in [0.15, 0.2) is 0 Å². The Morgan fingerprint density at radius 1 is 1.37 bits per heavy atom. The van der Waals surface area contributed by atoms with Gasteiger partial charge in [-0.2, -0.15) is 0 Å². The zero-order valence-electron chi connectivity index (χ0n) is 22.4. The average Bonchev–Trinajstić information content (AvgIpc) is 2.86. The third-order valence-electron chi connectivity index (χ3n) is 9.90. The van der Waals surface area contributed by atoms with E-state index in [-0.39, 0.29) is 41.5 Å². The van der Waals surface area contributed by atoms with Crippen LogP contribution in [0.15, 0.2) is 44.9 Å². The lowest BCUT2D eigenvalue weighted by Gasteiger charge is -2.66. The predicted octanol–water partition coefficient (Wildman–Crippen LogP) is 5.21. The summed E-state index contributed by atoms with van der Waals surface area (Å²) in [5.74, 6) is -0.289. The van der Waals surface area contributed by atoms with Gasteiger partial charge in [0.1, 0.15) is 22.7 Å². The first kappa shape index (κ1) is 26.3. The molecule has 2 saturated carbocycles. The highest BCUT2D eigenvalue weighted by Gasteiger charge is 2.68. The molecule has 10 nitrogen and oxygen atoms in total. The van der Waals surface area contributed by atoms with Crippen LogP contribution in [0.4, 0.5) is 0 Å². The lowest BCUT2D eigenvalue weighted by atomic mass is 9.41. The van der Waals surface area contributed by atoms with Crippen LogP contribution in [0.3, 0.4) is 0 Å². The summed E-state index contributed by atoms with van der Waals surface area (Å²) in [7, 11) is 0. The van der Waals surface area contributed by atoms with E-state index in [2.05, 4.69) is 35.8 Å². The summed E-state index contributed by atoms with van der Waals surface area (Å²) in [6.07, 6.45) is 4.10. The van der Waals surface area contributed by atoms with Crippen LogP contribution in [0.25, 0.3) is 21.8 Å². The highest BCUT2D eigenvalue weighted by Crippen LogP contribution is 2.68. The number of aliphatic hydroxyl groups excluding tert-OH is 1. The smallest absolute Gasteiger partial charge is 0.345 e. The van der Waals surface area contributed by atoms with Gasteiger partial charge in [0, 0.05) is 47.2 Å². The average molecular weight is 523 g/mol. The summed E-state index contributed by atoms with van der Waals surface area (Å²) in [6.45, 7) is 9.86. The lowest BCUT2D eigenvalue weighted by molar-refractivity contribution is -0.229. The summed E-state index contributed by atoms with van der Waals surface area (Å²) in [4.78, 5) is 32.3. The Labute approximate surface area is 221 Å². The van der Waals surface area contributed by atoms with Crippen LogP contribution >= 0.6 is 0 Å². The van der Waals surface area contributed by atoms with Crippen molar-refractivity contribution in [2.75, 3.05) is 6.61 Å². The molecule has 8 atom stereocenters. The van der Waals surface area contributed by atoms with Crippen molar-refractivity contribution in [1.29, 1.82) is 0 Å². The van der Waals surface area contributed by atoms with Gasteiger partial charge < -0.3 is 19.0 Å². The number of ether oxygens (including phenoxy) is 2. The molecule has 3 unspecified atom stereocenters. The van der Waals surface area contributed by atoms with Gasteiger partial charge in [0.05, 0.1) is 18.8 Å². The number of carbonyl (C=O) groups is 1. The first-order chi connectivity index (χ1) is 18.0. The molecule has 5 rings (SSSR count). The molecule has 2 aromatic rings. The minimum absolute atomic E-state index is 0.0713. The van der Waals surface area contributed by atoms with Crippen LogP contribution in [-0.4, -0.2) is 34.3 Å². The van der Waals surface area contributed by atoms with E-state index >= 15 is 0 Å². The number of nitrogens with zero attached hydrogens (tertiary/aromatic N) is 4. The van der Waals surface area contributed by atoms with Gasteiger partial charge in [-0.25, -0.2) is 4.79 Å². The van der Waals surface area contributed by atoms with Crippen molar-refractivity contribution in [3.63, 3.8) is 0 Å².